The molecule has 3 aromatic carbocycles. The quantitative estimate of drug-likeness (QED) is 0.139. The van der Waals surface area contributed by atoms with E-state index in [1.807, 2.05) is 0 Å². The first-order valence-corrected chi connectivity index (χ1v) is 10.3. The summed E-state index contributed by atoms with van der Waals surface area (Å²) in [4.78, 5) is 34.7. The zero-order valence-corrected chi connectivity index (χ0v) is 17.7. The zero-order valence-electron chi connectivity index (χ0n) is 17.7. The van der Waals surface area contributed by atoms with Gasteiger partial charge in [-0.25, -0.2) is 9.59 Å². The van der Waals surface area contributed by atoms with Gasteiger partial charge in [0, 0.05) is 12.1 Å². The molecule has 0 aliphatic heterocycles. The van der Waals surface area contributed by atoms with Crippen LogP contribution in [0.5, 0.6) is 5.75 Å². The van der Waals surface area contributed by atoms with Crippen LogP contribution in [-0.2, 0) is 4.74 Å². The third-order valence-corrected chi connectivity index (χ3v) is 4.81. The van der Waals surface area contributed by atoms with Crippen LogP contribution in [0.15, 0.2) is 72.8 Å². The Bertz CT molecular complexity index is 1070. The Hall–Kier alpha value is -4.00. The van der Waals surface area contributed by atoms with E-state index in [4.69, 9.17) is 9.47 Å². The van der Waals surface area contributed by atoms with Crippen LogP contribution in [0, 0.1) is 10.1 Å². The normalized spacial score (nSPS) is 10.4. The van der Waals surface area contributed by atoms with Crippen molar-refractivity contribution in [2.75, 3.05) is 6.61 Å². The fourth-order valence-corrected chi connectivity index (χ4v) is 3.00. The molecule has 0 radical (unpaired) electrons. The van der Waals surface area contributed by atoms with Gasteiger partial charge in [-0.05, 0) is 66.1 Å². The number of carbonyl (C=O) groups is 2. The molecular formula is C25H23NO6. The summed E-state index contributed by atoms with van der Waals surface area (Å²) in [5.41, 5.74) is 2.36. The van der Waals surface area contributed by atoms with Gasteiger partial charge in [-0.15, -0.1) is 0 Å². The van der Waals surface area contributed by atoms with Crippen molar-refractivity contribution in [2.24, 2.45) is 0 Å². The molecule has 7 nitrogen and oxygen atoms in total. The molecule has 0 saturated carbocycles. The van der Waals surface area contributed by atoms with Gasteiger partial charge in [0.15, 0.2) is 0 Å². The van der Waals surface area contributed by atoms with Crippen molar-refractivity contribution in [3.05, 3.63) is 94.0 Å². The molecule has 3 aromatic rings. The van der Waals surface area contributed by atoms with Gasteiger partial charge in [0.05, 0.1) is 22.7 Å². The van der Waals surface area contributed by atoms with Crippen LogP contribution in [0.4, 0.5) is 5.69 Å². The number of hydrogen-bond donors (Lipinski definition) is 0. The number of hydrogen-bond acceptors (Lipinski definition) is 6. The summed E-state index contributed by atoms with van der Waals surface area (Å²) in [6.45, 7) is 2.46. The van der Waals surface area contributed by atoms with E-state index in [0.29, 0.717) is 23.5 Å². The van der Waals surface area contributed by atoms with Crippen molar-refractivity contribution in [2.45, 2.75) is 26.2 Å². The van der Waals surface area contributed by atoms with Crippen LogP contribution in [-0.4, -0.2) is 23.5 Å². The van der Waals surface area contributed by atoms with Crippen LogP contribution in [0.2, 0.25) is 0 Å². The van der Waals surface area contributed by atoms with E-state index in [2.05, 4.69) is 6.92 Å². The van der Waals surface area contributed by atoms with Gasteiger partial charge < -0.3 is 9.47 Å². The topological polar surface area (TPSA) is 95.7 Å². The number of nitro groups is 1. The van der Waals surface area contributed by atoms with Crippen molar-refractivity contribution in [1.82, 2.24) is 0 Å². The van der Waals surface area contributed by atoms with Crippen LogP contribution in [0.1, 0.15) is 46.9 Å². The van der Waals surface area contributed by atoms with Gasteiger partial charge >= 0.3 is 11.9 Å². The Labute approximate surface area is 185 Å². The molecule has 0 aromatic heterocycles. The highest BCUT2D eigenvalue weighted by Crippen LogP contribution is 2.25. The predicted molar refractivity (Wildman–Crippen MR) is 120 cm³/mol. The van der Waals surface area contributed by atoms with Crippen LogP contribution < -0.4 is 4.74 Å². The van der Waals surface area contributed by atoms with E-state index >= 15 is 0 Å². The second-order valence-electron chi connectivity index (χ2n) is 7.14. The maximum Gasteiger partial charge on any atom is 0.343 e. The summed E-state index contributed by atoms with van der Waals surface area (Å²) in [6.07, 6.45) is 2.89. The number of rotatable bonds is 9. The molecular weight excluding hydrogens is 410 g/mol. The lowest BCUT2D eigenvalue weighted by Gasteiger charge is -2.07. The summed E-state index contributed by atoms with van der Waals surface area (Å²) in [5.74, 6) is -0.598. The number of nitro benzene ring substituents is 1. The molecule has 0 spiro atoms. The van der Waals surface area contributed by atoms with Crippen molar-refractivity contribution in [1.29, 1.82) is 0 Å². The van der Waals surface area contributed by atoms with E-state index in [1.54, 1.807) is 36.4 Å². The first-order chi connectivity index (χ1) is 15.5. The van der Waals surface area contributed by atoms with E-state index in [-0.39, 0.29) is 5.69 Å². The van der Waals surface area contributed by atoms with Gasteiger partial charge in [0.25, 0.3) is 5.69 Å². The molecule has 164 valence electrons. The Morgan fingerprint density at radius 1 is 0.781 bits per heavy atom. The zero-order chi connectivity index (χ0) is 22.9. The Morgan fingerprint density at radius 2 is 1.31 bits per heavy atom. The number of non-ortho nitro benzene ring substituents is 1. The SMILES string of the molecule is CCCCCOC(=O)c1ccc(C(=O)Oc2ccc(-c3ccc([N+](=O)[O-])cc3)cc2)cc1. The number of unbranched alkanes of at least 4 members (excludes halogenated alkanes) is 2. The highest BCUT2D eigenvalue weighted by molar-refractivity contribution is 5.94. The Balaban J connectivity index is 1.58. The molecule has 7 heteroatoms. The summed E-state index contributed by atoms with van der Waals surface area (Å²) in [6, 6.07) is 19.2. The van der Waals surface area contributed by atoms with Crippen molar-refractivity contribution >= 4 is 17.6 Å². The van der Waals surface area contributed by atoms with E-state index in [1.165, 1.54) is 36.4 Å². The van der Waals surface area contributed by atoms with Gasteiger partial charge in [0.2, 0.25) is 0 Å². The fraction of sp³-hybridized carbons (Fsp3) is 0.200. The number of esters is 2. The molecule has 0 heterocycles. The second kappa shape index (κ2) is 10.9. The average Bonchev–Trinajstić information content (AvgIpc) is 2.82. The third kappa shape index (κ3) is 6.01. The minimum atomic E-state index is -0.545. The van der Waals surface area contributed by atoms with Gasteiger partial charge in [0.1, 0.15) is 5.75 Å². The number of ether oxygens (including phenoxy) is 2. The van der Waals surface area contributed by atoms with Crippen LogP contribution >= 0.6 is 0 Å². The summed E-state index contributed by atoms with van der Waals surface area (Å²) in [5, 5.41) is 10.8. The molecule has 0 bridgehead atoms. The minimum Gasteiger partial charge on any atom is -0.462 e. The molecule has 0 fully saturated rings. The highest BCUT2D eigenvalue weighted by atomic mass is 16.6. The Morgan fingerprint density at radius 3 is 1.84 bits per heavy atom. The lowest BCUT2D eigenvalue weighted by Crippen LogP contribution is -2.10. The molecule has 0 unspecified atom stereocenters. The van der Waals surface area contributed by atoms with Gasteiger partial charge in [-0.2, -0.15) is 0 Å². The van der Waals surface area contributed by atoms with Crippen molar-refractivity contribution < 1.29 is 24.0 Å². The maximum atomic E-state index is 12.4. The van der Waals surface area contributed by atoms with Gasteiger partial charge in [-0.3, -0.25) is 10.1 Å². The van der Waals surface area contributed by atoms with E-state index < -0.39 is 16.9 Å². The number of carbonyl (C=O) groups excluding carboxylic acids is 2. The average molecular weight is 433 g/mol. The standard InChI is InChI=1S/C25H23NO6/c1-2-3-4-17-31-24(27)20-5-7-21(8-6-20)25(28)32-23-15-11-19(12-16-23)18-9-13-22(14-10-18)26(29)30/h5-16H,2-4,17H2,1H3. The lowest BCUT2D eigenvalue weighted by molar-refractivity contribution is -0.384. The molecule has 0 N–H and O–H groups in total. The molecule has 0 aliphatic rings. The smallest absolute Gasteiger partial charge is 0.343 e. The van der Waals surface area contributed by atoms with Gasteiger partial charge in [-0.1, -0.05) is 31.9 Å². The number of benzene rings is 3. The van der Waals surface area contributed by atoms with Crippen molar-refractivity contribution in [3.8, 4) is 16.9 Å². The lowest BCUT2D eigenvalue weighted by atomic mass is 10.1. The fourth-order valence-electron chi connectivity index (χ4n) is 3.00. The van der Waals surface area contributed by atoms with Crippen molar-refractivity contribution in [3.63, 3.8) is 0 Å². The molecule has 3 rings (SSSR count). The first-order valence-electron chi connectivity index (χ1n) is 10.3. The molecule has 0 aliphatic carbocycles. The third-order valence-electron chi connectivity index (χ3n) is 4.81. The predicted octanol–water partition coefficient (Wildman–Crippen LogP) is 5.83. The summed E-state index contributed by atoms with van der Waals surface area (Å²) >= 11 is 0. The van der Waals surface area contributed by atoms with Crippen LogP contribution in [0.25, 0.3) is 11.1 Å². The largest absolute Gasteiger partial charge is 0.462 e. The molecule has 0 amide bonds. The maximum absolute atomic E-state index is 12.4. The highest BCUT2D eigenvalue weighted by Gasteiger charge is 2.12. The Kier molecular flexibility index (Phi) is 7.70. The molecule has 32 heavy (non-hydrogen) atoms. The molecule has 0 atom stereocenters. The van der Waals surface area contributed by atoms with E-state index in [9.17, 15) is 19.7 Å². The minimum absolute atomic E-state index is 0.0232. The summed E-state index contributed by atoms with van der Waals surface area (Å²) in [7, 11) is 0. The number of nitrogens with zero attached hydrogens (tertiary/aromatic N) is 1. The first kappa shape index (κ1) is 22.7. The molecule has 0 saturated heterocycles. The second-order valence-corrected chi connectivity index (χ2v) is 7.14. The van der Waals surface area contributed by atoms with Crippen LogP contribution in [0.3, 0.4) is 0 Å². The monoisotopic (exact) mass is 433 g/mol. The van der Waals surface area contributed by atoms with E-state index in [0.717, 1.165) is 30.4 Å². The summed E-state index contributed by atoms with van der Waals surface area (Å²) < 4.78 is 10.6.